The minimum Gasteiger partial charge on any atom is -0.275 e. The summed E-state index contributed by atoms with van der Waals surface area (Å²) in [7, 11) is 1.89. The van der Waals surface area contributed by atoms with Gasteiger partial charge in [-0.2, -0.15) is 10.2 Å². The highest BCUT2D eigenvalue weighted by Crippen LogP contribution is 2.25. The molecule has 0 bridgehead atoms. The van der Waals surface area contributed by atoms with Crippen LogP contribution in [0.2, 0.25) is 5.02 Å². The van der Waals surface area contributed by atoms with Crippen molar-refractivity contribution in [2.24, 2.45) is 7.05 Å². The highest BCUT2D eigenvalue weighted by Gasteiger charge is 2.11. The monoisotopic (exact) mass is 374 g/mol. The Morgan fingerprint density at radius 2 is 2.00 bits per heavy atom. The maximum atomic E-state index is 6.50. The van der Waals surface area contributed by atoms with Gasteiger partial charge in [0.2, 0.25) is 0 Å². The summed E-state index contributed by atoms with van der Waals surface area (Å²) in [4.78, 5) is 8.83. The van der Waals surface area contributed by atoms with Gasteiger partial charge >= 0.3 is 0 Å². The topological polar surface area (TPSA) is 60.9 Å². The normalized spacial score (nSPS) is 11.5. The van der Waals surface area contributed by atoms with Gasteiger partial charge < -0.3 is 0 Å². The largest absolute Gasteiger partial charge is 0.275 e. The first-order valence-electron chi connectivity index (χ1n) is 8.53. The van der Waals surface area contributed by atoms with Crippen LogP contribution >= 0.6 is 11.6 Å². The molecule has 0 aliphatic heterocycles. The van der Waals surface area contributed by atoms with Crippen molar-refractivity contribution in [3.05, 3.63) is 77.5 Å². The van der Waals surface area contributed by atoms with Crippen LogP contribution in [0.15, 0.2) is 61.2 Å². The third-order valence-corrected chi connectivity index (χ3v) is 4.93. The molecule has 0 spiro atoms. The van der Waals surface area contributed by atoms with Crippen LogP contribution < -0.4 is 0 Å². The van der Waals surface area contributed by atoms with Crippen molar-refractivity contribution < 1.29 is 0 Å². The van der Waals surface area contributed by atoms with E-state index in [0.29, 0.717) is 11.4 Å². The summed E-state index contributed by atoms with van der Waals surface area (Å²) in [5, 5.41) is 10.7. The van der Waals surface area contributed by atoms with Crippen molar-refractivity contribution in [3.63, 3.8) is 0 Å². The summed E-state index contributed by atoms with van der Waals surface area (Å²) in [5.74, 6) is 0. The fraction of sp³-hybridized carbons (Fsp3) is 0.100. The molecule has 0 fully saturated rings. The molecule has 27 heavy (non-hydrogen) atoms. The molecule has 132 valence electrons. The maximum absolute atomic E-state index is 6.50. The maximum Gasteiger partial charge on any atom is 0.153 e. The molecular weight excluding hydrogens is 360 g/mol. The van der Waals surface area contributed by atoms with Gasteiger partial charge in [0.25, 0.3) is 0 Å². The zero-order valence-electron chi connectivity index (χ0n) is 14.5. The predicted octanol–water partition coefficient (Wildman–Crippen LogP) is 3.92. The second-order valence-electron chi connectivity index (χ2n) is 6.46. The molecule has 1 aromatic carbocycles. The Balaban J connectivity index is 1.58. The molecule has 5 aromatic rings. The van der Waals surface area contributed by atoms with Crippen LogP contribution in [0.3, 0.4) is 0 Å². The third-order valence-electron chi connectivity index (χ3n) is 4.58. The van der Waals surface area contributed by atoms with Crippen LogP contribution in [0.5, 0.6) is 0 Å². The second kappa shape index (κ2) is 6.17. The fourth-order valence-electron chi connectivity index (χ4n) is 3.22. The lowest BCUT2D eigenvalue weighted by molar-refractivity contribution is 0.768. The van der Waals surface area contributed by atoms with Gasteiger partial charge in [-0.25, -0.2) is 9.50 Å². The number of benzene rings is 1. The Morgan fingerprint density at radius 1 is 1.07 bits per heavy atom. The standard InChI is InChI=1S/C20H15ClN6/c1-26-12-15(10-24-26)18-4-5-20-23-11-16(27(20)25-18)8-14-7-13-3-2-6-22-19(13)9-17(14)21/h2-7,9-12H,8H2,1H3. The van der Waals surface area contributed by atoms with Gasteiger partial charge in [0.15, 0.2) is 5.65 Å². The molecular formula is C20H15ClN6. The first-order chi connectivity index (χ1) is 13.2. The van der Waals surface area contributed by atoms with E-state index in [2.05, 4.69) is 21.1 Å². The zero-order chi connectivity index (χ0) is 18.4. The van der Waals surface area contributed by atoms with Gasteiger partial charge in [-0.15, -0.1) is 0 Å². The Labute approximate surface area is 160 Å². The fourth-order valence-corrected chi connectivity index (χ4v) is 3.45. The van der Waals surface area contributed by atoms with Crippen LogP contribution in [0.25, 0.3) is 27.8 Å². The predicted molar refractivity (Wildman–Crippen MR) is 105 cm³/mol. The van der Waals surface area contributed by atoms with Crippen molar-refractivity contribution in [1.82, 2.24) is 29.4 Å². The molecule has 0 saturated carbocycles. The van der Waals surface area contributed by atoms with E-state index >= 15 is 0 Å². The summed E-state index contributed by atoms with van der Waals surface area (Å²) in [6.07, 6.45) is 8.00. The van der Waals surface area contributed by atoms with E-state index in [-0.39, 0.29) is 0 Å². The van der Waals surface area contributed by atoms with Crippen LogP contribution in [0, 0.1) is 0 Å². The molecule has 0 aliphatic rings. The number of rotatable bonds is 3. The molecule has 0 saturated heterocycles. The van der Waals surface area contributed by atoms with Crippen molar-refractivity contribution in [2.75, 3.05) is 0 Å². The number of fused-ring (bicyclic) bond motifs is 2. The molecule has 6 nitrogen and oxygen atoms in total. The van der Waals surface area contributed by atoms with Crippen molar-refractivity contribution >= 4 is 28.2 Å². The minimum atomic E-state index is 0.633. The number of halogens is 1. The van der Waals surface area contributed by atoms with Crippen molar-refractivity contribution in [1.29, 1.82) is 0 Å². The highest BCUT2D eigenvalue weighted by atomic mass is 35.5. The average molecular weight is 375 g/mol. The molecule has 4 aromatic heterocycles. The van der Waals surface area contributed by atoms with Gasteiger partial charge in [0.05, 0.1) is 29.3 Å². The summed E-state index contributed by atoms with van der Waals surface area (Å²) in [6.45, 7) is 0. The average Bonchev–Trinajstić information content (AvgIpc) is 3.28. The van der Waals surface area contributed by atoms with E-state index in [1.807, 2.05) is 54.3 Å². The molecule has 0 radical (unpaired) electrons. The lowest BCUT2D eigenvalue weighted by atomic mass is 10.1. The molecule has 4 heterocycles. The van der Waals surface area contributed by atoms with Crippen LogP contribution in [0.1, 0.15) is 11.3 Å². The zero-order valence-corrected chi connectivity index (χ0v) is 15.3. The molecule has 0 unspecified atom stereocenters. The number of hydrogen-bond acceptors (Lipinski definition) is 4. The van der Waals surface area contributed by atoms with Gasteiger partial charge in [-0.3, -0.25) is 9.67 Å². The summed E-state index contributed by atoms with van der Waals surface area (Å²) < 4.78 is 3.63. The van der Waals surface area contributed by atoms with Gasteiger partial charge in [-0.1, -0.05) is 17.7 Å². The van der Waals surface area contributed by atoms with Crippen LogP contribution in [-0.4, -0.2) is 29.4 Å². The molecule has 0 atom stereocenters. The Kier molecular flexibility index (Phi) is 3.65. The molecule has 7 heteroatoms. The Bertz CT molecular complexity index is 1290. The number of imidazole rings is 1. The van der Waals surface area contributed by atoms with Gasteiger partial charge in [0, 0.05) is 41.8 Å². The SMILES string of the molecule is Cn1cc(-c2ccc3ncc(Cc4cc5cccnc5cc4Cl)n3n2)cn1. The number of hydrogen-bond donors (Lipinski definition) is 0. The number of aryl methyl sites for hydroxylation is 1. The Morgan fingerprint density at radius 3 is 2.85 bits per heavy atom. The van der Waals surface area contributed by atoms with Crippen LogP contribution in [-0.2, 0) is 13.5 Å². The van der Waals surface area contributed by atoms with Gasteiger partial charge in [-0.05, 0) is 35.9 Å². The number of nitrogens with zero attached hydrogens (tertiary/aromatic N) is 6. The van der Waals surface area contributed by atoms with E-state index in [0.717, 1.165) is 39.1 Å². The quantitative estimate of drug-likeness (QED) is 0.480. The van der Waals surface area contributed by atoms with E-state index < -0.39 is 0 Å². The van der Waals surface area contributed by atoms with E-state index in [4.69, 9.17) is 16.7 Å². The first-order valence-corrected chi connectivity index (χ1v) is 8.91. The first kappa shape index (κ1) is 16.0. The van der Waals surface area contributed by atoms with E-state index in [1.165, 1.54) is 0 Å². The van der Waals surface area contributed by atoms with E-state index in [9.17, 15) is 0 Å². The number of pyridine rings is 1. The molecule has 5 rings (SSSR count). The smallest absolute Gasteiger partial charge is 0.153 e. The molecule has 0 aliphatic carbocycles. The second-order valence-corrected chi connectivity index (χ2v) is 6.86. The van der Waals surface area contributed by atoms with E-state index in [1.54, 1.807) is 17.1 Å². The Hall–Kier alpha value is -3.25. The van der Waals surface area contributed by atoms with Crippen LogP contribution in [0.4, 0.5) is 0 Å². The lowest BCUT2D eigenvalue weighted by Gasteiger charge is -2.07. The summed E-state index contributed by atoms with van der Waals surface area (Å²) >= 11 is 6.50. The van der Waals surface area contributed by atoms with Crippen molar-refractivity contribution in [3.8, 4) is 11.3 Å². The van der Waals surface area contributed by atoms with Crippen molar-refractivity contribution in [2.45, 2.75) is 6.42 Å². The third kappa shape index (κ3) is 2.84. The minimum absolute atomic E-state index is 0.633. The lowest BCUT2D eigenvalue weighted by Crippen LogP contribution is -2.00. The highest BCUT2D eigenvalue weighted by molar-refractivity contribution is 6.32. The summed E-state index contributed by atoms with van der Waals surface area (Å²) in [6, 6.07) is 11.9. The molecule has 0 N–H and O–H groups in total. The number of aromatic nitrogens is 6. The summed E-state index contributed by atoms with van der Waals surface area (Å²) in [5.41, 5.74) is 5.50. The molecule has 0 amide bonds. The van der Waals surface area contributed by atoms with Gasteiger partial charge in [0.1, 0.15) is 0 Å².